The Bertz CT molecular complexity index is 280. The first kappa shape index (κ1) is 9.75. The molecular formula is C12H18O2. The van der Waals surface area contributed by atoms with Gasteiger partial charge in [0.1, 0.15) is 0 Å². The molecule has 2 nitrogen and oxygen atoms in total. The molecule has 14 heavy (non-hydrogen) atoms. The van der Waals surface area contributed by atoms with Gasteiger partial charge in [-0.05, 0) is 43.9 Å². The van der Waals surface area contributed by atoms with E-state index >= 15 is 0 Å². The minimum atomic E-state index is -0.612. The van der Waals surface area contributed by atoms with E-state index in [-0.39, 0.29) is 5.92 Å². The third-order valence-electron chi connectivity index (χ3n) is 3.96. The number of hydrogen-bond donors (Lipinski definition) is 1. The summed E-state index contributed by atoms with van der Waals surface area (Å²) in [6.45, 7) is 2.30. The zero-order chi connectivity index (χ0) is 10.2. The molecule has 1 N–H and O–H groups in total. The van der Waals surface area contributed by atoms with Crippen molar-refractivity contribution in [2.24, 2.45) is 11.3 Å². The summed E-state index contributed by atoms with van der Waals surface area (Å²) in [4.78, 5) is 10.9. The highest BCUT2D eigenvalue weighted by molar-refractivity contribution is 5.70. The lowest BCUT2D eigenvalue weighted by molar-refractivity contribution is -0.142. The van der Waals surface area contributed by atoms with Crippen molar-refractivity contribution in [2.75, 3.05) is 0 Å². The van der Waals surface area contributed by atoms with Gasteiger partial charge in [-0.2, -0.15) is 0 Å². The average Bonchev–Trinajstić information content (AvgIpc) is 2.16. The second kappa shape index (κ2) is 3.41. The molecule has 1 saturated carbocycles. The van der Waals surface area contributed by atoms with E-state index < -0.39 is 5.97 Å². The van der Waals surface area contributed by atoms with E-state index in [1.807, 2.05) is 0 Å². The van der Waals surface area contributed by atoms with Gasteiger partial charge in [-0.15, -0.1) is 0 Å². The highest BCUT2D eigenvalue weighted by Crippen LogP contribution is 2.48. The molecule has 0 amide bonds. The van der Waals surface area contributed by atoms with Crippen LogP contribution in [0.3, 0.4) is 0 Å². The van der Waals surface area contributed by atoms with Crippen LogP contribution in [0.25, 0.3) is 0 Å². The van der Waals surface area contributed by atoms with Gasteiger partial charge in [-0.25, -0.2) is 0 Å². The summed E-state index contributed by atoms with van der Waals surface area (Å²) in [6.07, 6.45) is 8.70. The van der Waals surface area contributed by atoms with Crippen LogP contribution >= 0.6 is 0 Å². The largest absolute Gasteiger partial charge is 0.481 e. The van der Waals surface area contributed by atoms with E-state index in [2.05, 4.69) is 13.0 Å². The van der Waals surface area contributed by atoms with E-state index in [0.717, 1.165) is 25.7 Å². The number of hydrogen-bond acceptors (Lipinski definition) is 1. The first-order valence-corrected chi connectivity index (χ1v) is 5.54. The standard InChI is InChI=1S/C12H18O2/c1-12-6-3-2-4-10(12)8-9(5-7-12)11(13)14/h4,9H,2-3,5-8H2,1H3,(H,13,14). The Morgan fingerprint density at radius 3 is 3.07 bits per heavy atom. The lowest BCUT2D eigenvalue weighted by Gasteiger charge is -2.41. The number of carboxylic acid groups (broad SMARTS) is 1. The SMILES string of the molecule is CC12CCCC=C1CC(C(=O)O)CC2. The van der Waals surface area contributed by atoms with E-state index in [4.69, 9.17) is 5.11 Å². The Labute approximate surface area is 85.0 Å². The number of carboxylic acids is 1. The molecule has 0 aliphatic heterocycles. The maximum absolute atomic E-state index is 10.9. The van der Waals surface area contributed by atoms with Crippen molar-refractivity contribution in [3.63, 3.8) is 0 Å². The van der Waals surface area contributed by atoms with Gasteiger partial charge in [0.25, 0.3) is 0 Å². The van der Waals surface area contributed by atoms with Gasteiger partial charge in [0.2, 0.25) is 0 Å². The normalized spacial score (nSPS) is 37.2. The molecule has 0 radical (unpaired) electrons. The second-order valence-electron chi connectivity index (χ2n) is 4.96. The number of allylic oxidation sites excluding steroid dienone is 2. The average molecular weight is 194 g/mol. The smallest absolute Gasteiger partial charge is 0.306 e. The molecule has 0 aromatic carbocycles. The number of carbonyl (C=O) groups is 1. The number of rotatable bonds is 1. The highest BCUT2D eigenvalue weighted by Gasteiger charge is 2.38. The Kier molecular flexibility index (Phi) is 2.38. The van der Waals surface area contributed by atoms with Gasteiger partial charge in [0, 0.05) is 0 Å². The van der Waals surface area contributed by atoms with Crippen molar-refractivity contribution < 1.29 is 9.90 Å². The van der Waals surface area contributed by atoms with Crippen molar-refractivity contribution in [1.82, 2.24) is 0 Å². The Balaban J connectivity index is 2.16. The predicted molar refractivity (Wildman–Crippen MR) is 55.0 cm³/mol. The van der Waals surface area contributed by atoms with E-state index in [1.165, 1.54) is 18.4 Å². The molecule has 0 aromatic rings. The van der Waals surface area contributed by atoms with Crippen molar-refractivity contribution in [3.8, 4) is 0 Å². The molecule has 1 fully saturated rings. The van der Waals surface area contributed by atoms with Crippen LogP contribution in [0.4, 0.5) is 0 Å². The van der Waals surface area contributed by atoms with E-state index in [0.29, 0.717) is 5.41 Å². The van der Waals surface area contributed by atoms with E-state index in [9.17, 15) is 4.79 Å². The number of aliphatic carboxylic acids is 1. The lowest BCUT2D eigenvalue weighted by Crippen LogP contribution is -2.32. The summed E-state index contributed by atoms with van der Waals surface area (Å²) in [5.74, 6) is -0.731. The zero-order valence-electron chi connectivity index (χ0n) is 8.75. The monoisotopic (exact) mass is 194 g/mol. The van der Waals surface area contributed by atoms with E-state index in [1.54, 1.807) is 0 Å². The molecule has 2 atom stereocenters. The molecule has 2 rings (SSSR count). The fourth-order valence-corrected chi connectivity index (χ4v) is 2.86. The van der Waals surface area contributed by atoms with Crippen LogP contribution in [0.1, 0.15) is 45.4 Å². The summed E-state index contributed by atoms with van der Waals surface area (Å²) in [5.41, 5.74) is 1.76. The molecule has 78 valence electrons. The predicted octanol–water partition coefficient (Wildman–Crippen LogP) is 2.99. The second-order valence-corrected chi connectivity index (χ2v) is 4.96. The third kappa shape index (κ3) is 1.58. The van der Waals surface area contributed by atoms with Gasteiger partial charge in [-0.1, -0.05) is 18.6 Å². The molecule has 0 heterocycles. The first-order chi connectivity index (χ1) is 6.62. The summed E-state index contributed by atoms with van der Waals surface area (Å²) in [6, 6.07) is 0. The van der Waals surface area contributed by atoms with Gasteiger partial charge < -0.3 is 5.11 Å². The molecular weight excluding hydrogens is 176 g/mol. The molecule has 0 saturated heterocycles. The zero-order valence-corrected chi connectivity index (χ0v) is 8.75. The maximum atomic E-state index is 10.9. The lowest BCUT2D eigenvalue weighted by atomic mass is 9.63. The van der Waals surface area contributed by atoms with Crippen LogP contribution in [-0.4, -0.2) is 11.1 Å². The van der Waals surface area contributed by atoms with Gasteiger partial charge >= 0.3 is 5.97 Å². The maximum Gasteiger partial charge on any atom is 0.306 e. The fraction of sp³-hybridized carbons (Fsp3) is 0.750. The van der Waals surface area contributed by atoms with Crippen molar-refractivity contribution >= 4 is 5.97 Å². The van der Waals surface area contributed by atoms with Crippen LogP contribution in [-0.2, 0) is 4.79 Å². The summed E-state index contributed by atoms with van der Waals surface area (Å²) in [5, 5.41) is 8.99. The topological polar surface area (TPSA) is 37.3 Å². The Morgan fingerprint density at radius 1 is 1.57 bits per heavy atom. The first-order valence-electron chi connectivity index (χ1n) is 5.54. The van der Waals surface area contributed by atoms with Crippen molar-refractivity contribution in [2.45, 2.75) is 45.4 Å². The minimum Gasteiger partial charge on any atom is -0.481 e. The molecule has 2 unspecified atom stereocenters. The van der Waals surface area contributed by atoms with Crippen molar-refractivity contribution in [3.05, 3.63) is 11.6 Å². The van der Waals surface area contributed by atoms with Gasteiger partial charge in [0.15, 0.2) is 0 Å². The van der Waals surface area contributed by atoms with Crippen molar-refractivity contribution in [1.29, 1.82) is 0 Å². The highest BCUT2D eigenvalue weighted by atomic mass is 16.4. The minimum absolute atomic E-state index is 0.118. The summed E-state index contributed by atoms with van der Waals surface area (Å²) < 4.78 is 0. The molecule has 0 bridgehead atoms. The molecule has 2 aliphatic rings. The van der Waals surface area contributed by atoms with Crippen LogP contribution in [0, 0.1) is 11.3 Å². The third-order valence-corrected chi connectivity index (χ3v) is 3.96. The summed E-state index contributed by atoms with van der Waals surface area (Å²) >= 11 is 0. The quantitative estimate of drug-likeness (QED) is 0.651. The van der Waals surface area contributed by atoms with Gasteiger partial charge in [0.05, 0.1) is 5.92 Å². The fourth-order valence-electron chi connectivity index (χ4n) is 2.86. The van der Waals surface area contributed by atoms with Crippen LogP contribution in [0.15, 0.2) is 11.6 Å². The van der Waals surface area contributed by atoms with Crippen LogP contribution < -0.4 is 0 Å². The molecule has 2 heteroatoms. The van der Waals surface area contributed by atoms with Crippen LogP contribution in [0.5, 0.6) is 0 Å². The Morgan fingerprint density at radius 2 is 2.36 bits per heavy atom. The number of fused-ring (bicyclic) bond motifs is 1. The van der Waals surface area contributed by atoms with Crippen LogP contribution in [0.2, 0.25) is 0 Å². The molecule has 0 aromatic heterocycles. The van der Waals surface area contributed by atoms with Gasteiger partial charge in [-0.3, -0.25) is 4.79 Å². The molecule has 0 spiro atoms. The Hall–Kier alpha value is -0.790. The molecule has 2 aliphatic carbocycles. The summed E-state index contributed by atoms with van der Waals surface area (Å²) in [7, 11) is 0.